The minimum absolute atomic E-state index is 0.0394. The summed E-state index contributed by atoms with van der Waals surface area (Å²) in [6, 6.07) is 11.4. The van der Waals surface area contributed by atoms with Crippen molar-refractivity contribution in [2.24, 2.45) is 0 Å². The first kappa shape index (κ1) is 16.9. The van der Waals surface area contributed by atoms with Crippen LogP contribution in [0.2, 0.25) is 0 Å². The Balaban J connectivity index is 1.61. The van der Waals surface area contributed by atoms with Crippen molar-refractivity contribution < 1.29 is 9.90 Å². The Hall–Kier alpha value is -2.99. The first-order chi connectivity index (χ1) is 12.2. The zero-order valence-electron chi connectivity index (χ0n) is 14.0. The van der Waals surface area contributed by atoms with Gasteiger partial charge in [-0.3, -0.25) is 9.78 Å². The van der Waals surface area contributed by atoms with E-state index in [2.05, 4.69) is 15.4 Å². The van der Waals surface area contributed by atoms with Crippen molar-refractivity contribution in [1.82, 2.24) is 20.1 Å². The number of nitrogens with zero attached hydrogens (tertiary/aromatic N) is 3. The van der Waals surface area contributed by atoms with Crippen molar-refractivity contribution in [3.05, 3.63) is 77.4 Å². The number of benzene rings is 1. The molecular formula is C19H20N4O2. The van der Waals surface area contributed by atoms with Crippen LogP contribution in [0.1, 0.15) is 27.2 Å². The van der Waals surface area contributed by atoms with Crippen molar-refractivity contribution in [2.75, 3.05) is 6.54 Å². The molecular weight excluding hydrogens is 316 g/mol. The zero-order chi connectivity index (χ0) is 17.6. The molecule has 0 radical (unpaired) electrons. The molecule has 6 nitrogen and oxygen atoms in total. The molecule has 3 aromatic rings. The Morgan fingerprint density at radius 3 is 2.48 bits per heavy atom. The molecule has 0 fully saturated rings. The van der Waals surface area contributed by atoms with E-state index in [1.165, 1.54) is 0 Å². The highest BCUT2D eigenvalue weighted by Crippen LogP contribution is 2.13. The maximum absolute atomic E-state index is 12.4. The summed E-state index contributed by atoms with van der Waals surface area (Å²) in [5.74, 6) is -0.134. The number of rotatable bonds is 6. The molecule has 0 aliphatic carbocycles. The van der Waals surface area contributed by atoms with Gasteiger partial charge in [-0.25, -0.2) is 4.68 Å². The molecule has 1 amide bonds. The fourth-order valence-corrected chi connectivity index (χ4v) is 2.61. The van der Waals surface area contributed by atoms with Crippen molar-refractivity contribution in [1.29, 1.82) is 0 Å². The van der Waals surface area contributed by atoms with Gasteiger partial charge in [0.05, 0.1) is 29.7 Å². The third-order valence-electron chi connectivity index (χ3n) is 4.07. The summed E-state index contributed by atoms with van der Waals surface area (Å²) in [7, 11) is 0. The molecule has 2 heterocycles. The number of nitrogens with one attached hydrogen (secondary N) is 1. The van der Waals surface area contributed by atoms with Gasteiger partial charge in [0.2, 0.25) is 0 Å². The molecule has 1 aromatic carbocycles. The molecule has 128 valence electrons. The van der Waals surface area contributed by atoms with Crippen molar-refractivity contribution in [3.63, 3.8) is 0 Å². The van der Waals surface area contributed by atoms with Crippen molar-refractivity contribution >= 4 is 5.91 Å². The van der Waals surface area contributed by atoms with E-state index < -0.39 is 0 Å². The Morgan fingerprint density at radius 1 is 1.12 bits per heavy atom. The highest BCUT2D eigenvalue weighted by atomic mass is 16.3. The minimum Gasteiger partial charge on any atom is -0.392 e. The van der Waals surface area contributed by atoms with E-state index in [1.807, 2.05) is 43.3 Å². The van der Waals surface area contributed by atoms with E-state index in [4.69, 9.17) is 5.11 Å². The number of carbonyl (C=O) groups is 1. The average molecular weight is 336 g/mol. The lowest BCUT2D eigenvalue weighted by Crippen LogP contribution is -2.26. The summed E-state index contributed by atoms with van der Waals surface area (Å²) in [6.07, 6.45) is 5.70. The first-order valence-corrected chi connectivity index (χ1v) is 8.11. The van der Waals surface area contributed by atoms with Gasteiger partial charge in [-0.1, -0.05) is 24.3 Å². The molecule has 0 bridgehead atoms. The maximum atomic E-state index is 12.4. The molecule has 0 aliphatic rings. The summed E-state index contributed by atoms with van der Waals surface area (Å²) in [5, 5.41) is 16.3. The van der Waals surface area contributed by atoms with Gasteiger partial charge < -0.3 is 10.4 Å². The van der Waals surface area contributed by atoms with Gasteiger partial charge in [-0.05, 0) is 36.6 Å². The minimum atomic E-state index is -0.134. The SMILES string of the molecule is Cc1c(C(=O)NCCc2ccc(CO)cc2)cnn1-c1ccncc1. The fourth-order valence-electron chi connectivity index (χ4n) is 2.61. The number of carbonyl (C=O) groups excluding carboxylic acids is 1. The number of aliphatic hydroxyl groups excluding tert-OH is 1. The monoisotopic (exact) mass is 336 g/mol. The largest absolute Gasteiger partial charge is 0.392 e. The quantitative estimate of drug-likeness (QED) is 0.722. The van der Waals surface area contributed by atoms with Crippen LogP contribution in [0.5, 0.6) is 0 Å². The van der Waals surface area contributed by atoms with E-state index in [0.29, 0.717) is 12.1 Å². The maximum Gasteiger partial charge on any atom is 0.254 e. The van der Waals surface area contributed by atoms with Crippen molar-refractivity contribution in [2.45, 2.75) is 20.0 Å². The lowest BCUT2D eigenvalue weighted by Gasteiger charge is -2.07. The van der Waals surface area contributed by atoms with Gasteiger partial charge >= 0.3 is 0 Å². The number of pyridine rings is 1. The molecule has 0 aliphatic heterocycles. The second kappa shape index (κ2) is 7.72. The van der Waals surface area contributed by atoms with E-state index in [0.717, 1.165) is 28.9 Å². The predicted octanol–water partition coefficient (Wildman–Crippen LogP) is 2.04. The van der Waals surface area contributed by atoms with Crippen LogP contribution in [0, 0.1) is 6.92 Å². The van der Waals surface area contributed by atoms with Crippen molar-refractivity contribution in [3.8, 4) is 5.69 Å². The second-order valence-electron chi connectivity index (χ2n) is 5.74. The third kappa shape index (κ3) is 3.92. The second-order valence-corrected chi connectivity index (χ2v) is 5.74. The zero-order valence-corrected chi connectivity index (χ0v) is 14.0. The molecule has 0 saturated heterocycles. The molecule has 2 aromatic heterocycles. The molecule has 0 unspecified atom stereocenters. The lowest BCUT2D eigenvalue weighted by molar-refractivity contribution is 0.0953. The van der Waals surface area contributed by atoms with Crippen LogP contribution in [0.3, 0.4) is 0 Å². The standard InChI is InChI=1S/C19H20N4O2/c1-14-18(12-22-23(14)17-7-9-20-10-8-17)19(25)21-11-6-15-2-4-16(13-24)5-3-15/h2-5,7-10,12,24H,6,11,13H2,1H3,(H,21,25). The van der Waals surface area contributed by atoms with E-state index in [-0.39, 0.29) is 12.5 Å². The number of hydrogen-bond acceptors (Lipinski definition) is 4. The normalized spacial score (nSPS) is 10.6. The topological polar surface area (TPSA) is 80.0 Å². The third-order valence-corrected chi connectivity index (χ3v) is 4.07. The Bertz CT molecular complexity index is 842. The van der Waals surface area contributed by atoms with Crippen LogP contribution in [0.4, 0.5) is 0 Å². The molecule has 0 saturated carbocycles. The van der Waals surface area contributed by atoms with Gasteiger partial charge in [0.15, 0.2) is 0 Å². The van der Waals surface area contributed by atoms with Gasteiger partial charge in [0.25, 0.3) is 5.91 Å². The summed E-state index contributed by atoms with van der Waals surface area (Å²) in [6.45, 7) is 2.45. The van der Waals surface area contributed by atoms with E-state index in [9.17, 15) is 4.79 Å². The average Bonchev–Trinajstić information content (AvgIpc) is 3.04. The first-order valence-electron chi connectivity index (χ1n) is 8.11. The molecule has 3 rings (SSSR count). The number of amides is 1. The van der Waals surface area contributed by atoms with E-state index in [1.54, 1.807) is 23.3 Å². The predicted molar refractivity (Wildman–Crippen MR) is 94.5 cm³/mol. The van der Waals surface area contributed by atoms with Gasteiger partial charge in [0.1, 0.15) is 0 Å². The molecule has 6 heteroatoms. The molecule has 0 atom stereocenters. The summed E-state index contributed by atoms with van der Waals surface area (Å²) >= 11 is 0. The summed E-state index contributed by atoms with van der Waals surface area (Å²) < 4.78 is 1.73. The van der Waals surface area contributed by atoms with Gasteiger partial charge in [0, 0.05) is 18.9 Å². The Kier molecular flexibility index (Phi) is 5.20. The van der Waals surface area contributed by atoms with Crippen LogP contribution in [-0.4, -0.2) is 32.3 Å². The molecule has 25 heavy (non-hydrogen) atoms. The fraction of sp³-hybridized carbons (Fsp3) is 0.211. The summed E-state index contributed by atoms with van der Waals surface area (Å²) in [5.41, 5.74) is 4.22. The van der Waals surface area contributed by atoms with Gasteiger partial charge in [-0.2, -0.15) is 5.10 Å². The van der Waals surface area contributed by atoms with Crippen LogP contribution in [0.25, 0.3) is 5.69 Å². The number of aliphatic hydroxyl groups is 1. The van der Waals surface area contributed by atoms with Gasteiger partial charge in [-0.15, -0.1) is 0 Å². The van der Waals surface area contributed by atoms with Crippen LogP contribution < -0.4 is 5.32 Å². The molecule has 2 N–H and O–H groups in total. The van der Waals surface area contributed by atoms with Crippen LogP contribution in [-0.2, 0) is 13.0 Å². The number of hydrogen-bond donors (Lipinski definition) is 2. The molecule has 0 spiro atoms. The highest BCUT2D eigenvalue weighted by Gasteiger charge is 2.14. The highest BCUT2D eigenvalue weighted by molar-refractivity contribution is 5.95. The number of aromatic nitrogens is 3. The Morgan fingerprint density at radius 2 is 1.80 bits per heavy atom. The Labute approximate surface area is 146 Å². The van der Waals surface area contributed by atoms with E-state index >= 15 is 0 Å². The smallest absolute Gasteiger partial charge is 0.254 e. The van der Waals surface area contributed by atoms with Crippen LogP contribution in [0.15, 0.2) is 55.0 Å². The lowest BCUT2D eigenvalue weighted by atomic mass is 10.1. The summed E-state index contributed by atoms with van der Waals surface area (Å²) in [4.78, 5) is 16.4. The van der Waals surface area contributed by atoms with Crippen LogP contribution >= 0.6 is 0 Å².